The number of ether oxygens (including phenoxy) is 1. The molecular weight excluding hydrogens is 406 g/mol. The lowest BCUT2D eigenvalue weighted by atomic mass is 9.68. The van der Waals surface area contributed by atoms with Crippen molar-refractivity contribution in [3.8, 4) is 0 Å². The van der Waals surface area contributed by atoms with Crippen LogP contribution in [0.25, 0.3) is 0 Å². The average molecular weight is 454 g/mol. The SMILES string of the molecule is CCCN1CCN(c2ccc(N3CC(C)OC(C)C3)cc2C2CCC3(CCCC3)CC2)CC1. The maximum Gasteiger partial charge on any atom is 0.0726 e. The molecule has 33 heavy (non-hydrogen) atoms. The number of nitrogens with zero attached hydrogens (tertiary/aromatic N) is 3. The zero-order chi connectivity index (χ0) is 22.8. The fraction of sp³-hybridized carbons (Fsp3) is 0.793. The molecule has 2 heterocycles. The molecule has 2 saturated heterocycles. The Labute approximate surface area is 202 Å². The van der Waals surface area contributed by atoms with Crippen LogP contribution in [0.2, 0.25) is 0 Å². The summed E-state index contributed by atoms with van der Waals surface area (Å²) in [6.07, 6.45) is 13.5. The molecule has 2 aliphatic carbocycles. The zero-order valence-corrected chi connectivity index (χ0v) is 21.5. The molecule has 4 heteroatoms. The third-order valence-electron chi connectivity index (χ3n) is 9.20. The normalized spacial score (nSPS) is 29.2. The molecule has 0 amide bonds. The summed E-state index contributed by atoms with van der Waals surface area (Å²) in [6.45, 7) is 14.8. The van der Waals surface area contributed by atoms with Gasteiger partial charge in [-0.3, -0.25) is 4.90 Å². The fourth-order valence-corrected chi connectivity index (χ4v) is 7.44. The lowest BCUT2D eigenvalue weighted by Crippen LogP contribution is -2.47. The Hall–Kier alpha value is -1.26. The summed E-state index contributed by atoms with van der Waals surface area (Å²) < 4.78 is 6.03. The second-order valence-corrected chi connectivity index (χ2v) is 11.7. The highest BCUT2D eigenvalue weighted by Crippen LogP contribution is 2.53. The average Bonchev–Trinajstić information content (AvgIpc) is 3.27. The van der Waals surface area contributed by atoms with Crippen LogP contribution in [0.3, 0.4) is 0 Å². The van der Waals surface area contributed by atoms with Gasteiger partial charge in [-0.05, 0) is 100 Å². The van der Waals surface area contributed by atoms with Gasteiger partial charge < -0.3 is 14.5 Å². The molecule has 5 rings (SSSR count). The van der Waals surface area contributed by atoms with Crippen LogP contribution in [0, 0.1) is 5.41 Å². The van der Waals surface area contributed by atoms with Gasteiger partial charge in [0.2, 0.25) is 0 Å². The van der Waals surface area contributed by atoms with Crippen molar-refractivity contribution in [1.29, 1.82) is 0 Å². The minimum absolute atomic E-state index is 0.306. The van der Waals surface area contributed by atoms with Crippen molar-refractivity contribution in [3.05, 3.63) is 23.8 Å². The lowest BCUT2D eigenvalue weighted by Gasteiger charge is -2.42. The van der Waals surface area contributed by atoms with Crippen molar-refractivity contribution in [2.75, 3.05) is 55.6 Å². The van der Waals surface area contributed by atoms with Crippen molar-refractivity contribution in [2.45, 2.75) is 96.7 Å². The Morgan fingerprint density at radius 3 is 2.18 bits per heavy atom. The summed E-state index contributed by atoms with van der Waals surface area (Å²) >= 11 is 0. The Kier molecular flexibility index (Phi) is 7.23. The topological polar surface area (TPSA) is 19.0 Å². The van der Waals surface area contributed by atoms with Gasteiger partial charge in [0, 0.05) is 50.6 Å². The van der Waals surface area contributed by atoms with E-state index >= 15 is 0 Å². The second kappa shape index (κ2) is 10.2. The quantitative estimate of drug-likeness (QED) is 0.540. The molecule has 2 aliphatic heterocycles. The van der Waals surface area contributed by atoms with E-state index in [2.05, 4.69) is 53.7 Å². The van der Waals surface area contributed by atoms with Crippen LogP contribution in [0.4, 0.5) is 11.4 Å². The molecule has 4 aliphatic rings. The molecule has 2 atom stereocenters. The van der Waals surface area contributed by atoms with Gasteiger partial charge in [-0.1, -0.05) is 19.8 Å². The monoisotopic (exact) mass is 453 g/mol. The number of rotatable bonds is 5. The number of piperazine rings is 1. The molecule has 1 aromatic carbocycles. The van der Waals surface area contributed by atoms with E-state index in [4.69, 9.17) is 4.74 Å². The highest BCUT2D eigenvalue weighted by Gasteiger charge is 2.38. The van der Waals surface area contributed by atoms with E-state index in [9.17, 15) is 0 Å². The smallest absolute Gasteiger partial charge is 0.0726 e. The first-order valence-corrected chi connectivity index (χ1v) is 14.1. The summed E-state index contributed by atoms with van der Waals surface area (Å²) in [6, 6.07) is 7.48. The van der Waals surface area contributed by atoms with Gasteiger partial charge in [-0.15, -0.1) is 0 Å². The predicted molar refractivity (Wildman–Crippen MR) is 140 cm³/mol. The van der Waals surface area contributed by atoms with E-state index in [1.165, 1.54) is 102 Å². The Balaban J connectivity index is 1.38. The maximum atomic E-state index is 6.03. The molecule has 1 spiro atoms. The number of hydrogen-bond donors (Lipinski definition) is 0. The van der Waals surface area contributed by atoms with Crippen LogP contribution in [0.5, 0.6) is 0 Å². The fourth-order valence-electron chi connectivity index (χ4n) is 7.44. The van der Waals surface area contributed by atoms with E-state index in [0.29, 0.717) is 17.6 Å². The molecule has 0 bridgehead atoms. The zero-order valence-electron chi connectivity index (χ0n) is 21.5. The minimum Gasteiger partial charge on any atom is -0.372 e. The molecule has 184 valence electrons. The first-order valence-electron chi connectivity index (χ1n) is 14.1. The highest BCUT2D eigenvalue weighted by atomic mass is 16.5. The number of benzene rings is 1. The van der Waals surface area contributed by atoms with Crippen LogP contribution in [0.15, 0.2) is 18.2 Å². The van der Waals surface area contributed by atoms with Crippen molar-refractivity contribution in [3.63, 3.8) is 0 Å². The van der Waals surface area contributed by atoms with Crippen LogP contribution in [-0.2, 0) is 4.74 Å². The second-order valence-electron chi connectivity index (χ2n) is 11.7. The number of anilines is 2. The van der Waals surface area contributed by atoms with Crippen molar-refractivity contribution < 1.29 is 4.74 Å². The number of hydrogen-bond acceptors (Lipinski definition) is 4. The molecule has 4 nitrogen and oxygen atoms in total. The summed E-state index contributed by atoms with van der Waals surface area (Å²) in [5, 5.41) is 0. The van der Waals surface area contributed by atoms with Crippen LogP contribution >= 0.6 is 0 Å². The Bertz CT molecular complexity index is 761. The van der Waals surface area contributed by atoms with Gasteiger partial charge in [-0.2, -0.15) is 0 Å². The molecule has 0 N–H and O–H groups in total. The van der Waals surface area contributed by atoms with E-state index in [1.54, 1.807) is 5.56 Å². The van der Waals surface area contributed by atoms with E-state index in [-0.39, 0.29) is 0 Å². The third kappa shape index (κ3) is 5.22. The Morgan fingerprint density at radius 1 is 0.879 bits per heavy atom. The van der Waals surface area contributed by atoms with Gasteiger partial charge in [0.15, 0.2) is 0 Å². The lowest BCUT2D eigenvalue weighted by molar-refractivity contribution is -0.00522. The molecule has 4 fully saturated rings. The number of morpholine rings is 1. The molecular formula is C29H47N3O. The van der Waals surface area contributed by atoms with Crippen LogP contribution in [-0.4, -0.2) is 62.9 Å². The highest BCUT2D eigenvalue weighted by molar-refractivity contribution is 5.64. The maximum absolute atomic E-state index is 6.03. The minimum atomic E-state index is 0.306. The molecule has 2 saturated carbocycles. The van der Waals surface area contributed by atoms with Gasteiger partial charge in [0.25, 0.3) is 0 Å². The first-order chi connectivity index (χ1) is 16.0. The summed E-state index contributed by atoms with van der Waals surface area (Å²) in [4.78, 5) is 7.92. The van der Waals surface area contributed by atoms with Gasteiger partial charge in [0.05, 0.1) is 12.2 Å². The summed E-state index contributed by atoms with van der Waals surface area (Å²) in [5.74, 6) is 0.732. The van der Waals surface area contributed by atoms with Crippen LogP contribution < -0.4 is 9.80 Å². The van der Waals surface area contributed by atoms with Crippen molar-refractivity contribution in [2.24, 2.45) is 5.41 Å². The van der Waals surface area contributed by atoms with Crippen molar-refractivity contribution >= 4 is 11.4 Å². The molecule has 0 radical (unpaired) electrons. The molecule has 0 aromatic heterocycles. The van der Waals surface area contributed by atoms with Gasteiger partial charge in [0.1, 0.15) is 0 Å². The van der Waals surface area contributed by atoms with Gasteiger partial charge in [-0.25, -0.2) is 0 Å². The summed E-state index contributed by atoms with van der Waals surface area (Å²) in [5.41, 5.74) is 5.31. The van der Waals surface area contributed by atoms with Crippen LogP contribution in [0.1, 0.15) is 90.0 Å². The molecule has 1 aromatic rings. The molecule has 2 unspecified atom stereocenters. The third-order valence-corrected chi connectivity index (χ3v) is 9.20. The van der Waals surface area contributed by atoms with Gasteiger partial charge >= 0.3 is 0 Å². The predicted octanol–water partition coefficient (Wildman–Crippen LogP) is 6.05. The Morgan fingerprint density at radius 2 is 1.55 bits per heavy atom. The van der Waals surface area contributed by atoms with E-state index in [1.807, 2.05) is 0 Å². The first kappa shape index (κ1) is 23.5. The van der Waals surface area contributed by atoms with E-state index < -0.39 is 0 Å². The standard InChI is InChI=1S/C29H47N3O/c1-4-15-30-16-18-31(19-17-30)28-8-7-26(32-21-23(2)33-24(3)22-32)20-27(28)25-9-13-29(14-10-25)11-5-6-12-29/h7-8,20,23-25H,4-6,9-19,21-22H2,1-3H3. The van der Waals surface area contributed by atoms with Crippen molar-refractivity contribution in [1.82, 2.24) is 4.90 Å². The summed E-state index contributed by atoms with van der Waals surface area (Å²) in [7, 11) is 0. The van der Waals surface area contributed by atoms with E-state index in [0.717, 1.165) is 19.0 Å². The largest absolute Gasteiger partial charge is 0.372 e.